The highest BCUT2D eigenvalue weighted by molar-refractivity contribution is 6.00. The maximum Gasteiger partial charge on any atom is 0.317 e. The van der Waals surface area contributed by atoms with E-state index in [-0.39, 0.29) is 11.8 Å². The smallest absolute Gasteiger partial charge is 0.317 e. The van der Waals surface area contributed by atoms with Gasteiger partial charge in [-0.25, -0.2) is 4.79 Å². The minimum absolute atomic E-state index is 0.0410. The van der Waals surface area contributed by atoms with Crippen LogP contribution in [0.1, 0.15) is 55.3 Å². The minimum atomic E-state index is -0.435. The van der Waals surface area contributed by atoms with E-state index in [0.717, 1.165) is 12.8 Å². The number of ketones is 1. The van der Waals surface area contributed by atoms with Gasteiger partial charge in [-0.2, -0.15) is 0 Å². The van der Waals surface area contributed by atoms with Crippen molar-refractivity contribution >= 4 is 11.8 Å². The molecule has 0 bridgehead atoms. The second-order valence-electron chi connectivity index (χ2n) is 7.30. The second kappa shape index (κ2) is 6.11. The largest absolute Gasteiger partial charge is 0.486 e. The third kappa shape index (κ3) is 2.87. The highest BCUT2D eigenvalue weighted by Gasteiger charge is 2.43. The third-order valence-electron chi connectivity index (χ3n) is 5.64. The Labute approximate surface area is 142 Å². The third-order valence-corrected chi connectivity index (χ3v) is 5.64. The summed E-state index contributed by atoms with van der Waals surface area (Å²) in [5.41, 5.74) is 0.250. The van der Waals surface area contributed by atoms with Crippen molar-refractivity contribution in [1.29, 1.82) is 0 Å². The lowest BCUT2D eigenvalue weighted by atomic mass is 9.82. The summed E-state index contributed by atoms with van der Waals surface area (Å²) in [6.45, 7) is 1.29. The number of Topliss-reactive ketones (excluding diaryl/α,β-unsaturated/α-hetero) is 1. The first-order valence-corrected chi connectivity index (χ1v) is 9.02. The first-order chi connectivity index (χ1) is 11.7. The molecule has 1 saturated carbocycles. The topological polar surface area (TPSA) is 58.6 Å². The molecule has 1 spiro atoms. The summed E-state index contributed by atoms with van der Waals surface area (Å²) in [5, 5.41) is 3.14. The molecule has 2 aliphatic heterocycles. The fourth-order valence-electron chi connectivity index (χ4n) is 4.18. The monoisotopic (exact) mass is 328 g/mol. The molecule has 1 aromatic rings. The van der Waals surface area contributed by atoms with E-state index in [1.165, 1.54) is 12.8 Å². The Bertz CT molecular complexity index is 644. The number of hydrogen-bond acceptors (Lipinski definition) is 3. The molecule has 24 heavy (non-hydrogen) atoms. The number of hydrogen-bond donors (Lipinski definition) is 1. The molecule has 2 heterocycles. The maximum atomic E-state index is 12.4. The number of nitrogens with zero attached hydrogens (tertiary/aromatic N) is 1. The van der Waals surface area contributed by atoms with E-state index < -0.39 is 5.60 Å². The summed E-state index contributed by atoms with van der Waals surface area (Å²) in [7, 11) is 0. The van der Waals surface area contributed by atoms with Crippen molar-refractivity contribution in [2.24, 2.45) is 0 Å². The van der Waals surface area contributed by atoms with Crippen molar-refractivity contribution < 1.29 is 14.3 Å². The molecule has 1 aromatic carbocycles. The number of carbonyl (C=O) groups excluding carboxylic acids is 2. The van der Waals surface area contributed by atoms with Gasteiger partial charge < -0.3 is 15.0 Å². The van der Waals surface area contributed by atoms with Crippen LogP contribution >= 0.6 is 0 Å². The van der Waals surface area contributed by atoms with Crippen molar-refractivity contribution in [1.82, 2.24) is 10.2 Å². The van der Waals surface area contributed by atoms with Crippen LogP contribution in [-0.4, -0.2) is 41.4 Å². The molecule has 3 aliphatic rings. The van der Waals surface area contributed by atoms with Crippen LogP contribution in [0.3, 0.4) is 0 Å². The van der Waals surface area contributed by atoms with Gasteiger partial charge in [-0.1, -0.05) is 25.0 Å². The average molecular weight is 328 g/mol. The molecular weight excluding hydrogens is 304 g/mol. The summed E-state index contributed by atoms with van der Waals surface area (Å²) in [6.07, 6.45) is 6.46. The van der Waals surface area contributed by atoms with Crippen molar-refractivity contribution in [2.45, 2.75) is 56.6 Å². The molecule has 1 aliphatic carbocycles. The van der Waals surface area contributed by atoms with E-state index in [1.54, 1.807) is 0 Å². The van der Waals surface area contributed by atoms with Gasteiger partial charge in [-0.3, -0.25) is 4.79 Å². The molecule has 5 nitrogen and oxygen atoms in total. The van der Waals surface area contributed by atoms with Gasteiger partial charge in [0.1, 0.15) is 11.4 Å². The number of likely N-dealkylation sites (tertiary alicyclic amines) is 1. The summed E-state index contributed by atoms with van der Waals surface area (Å²) in [4.78, 5) is 26.7. The quantitative estimate of drug-likeness (QED) is 0.861. The first kappa shape index (κ1) is 15.5. The normalized spacial score (nSPS) is 23.0. The lowest BCUT2D eigenvalue weighted by Crippen LogP contribution is -2.54. The molecule has 0 atom stereocenters. The molecule has 4 rings (SSSR count). The van der Waals surface area contributed by atoms with Gasteiger partial charge in [0.25, 0.3) is 0 Å². The van der Waals surface area contributed by atoms with E-state index in [9.17, 15) is 9.59 Å². The molecule has 0 unspecified atom stereocenters. The van der Waals surface area contributed by atoms with Crippen LogP contribution < -0.4 is 10.1 Å². The predicted molar refractivity (Wildman–Crippen MR) is 90.3 cm³/mol. The first-order valence-electron chi connectivity index (χ1n) is 9.02. The fraction of sp³-hybridized carbons (Fsp3) is 0.579. The van der Waals surface area contributed by atoms with Gasteiger partial charge in [0.05, 0.1) is 12.0 Å². The fourth-order valence-corrected chi connectivity index (χ4v) is 4.18. The Morgan fingerprint density at radius 3 is 2.62 bits per heavy atom. The number of benzene rings is 1. The maximum absolute atomic E-state index is 12.4. The Balaban J connectivity index is 1.39. The van der Waals surface area contributed by atoms with Crippen LogP contribution in [0.25, 0.3) is 0 Å². The van der Waals surface area contributed by atoms with Gasteiger partial charge >= 0.3 is 6.03 Å². The average Bonchev–Trinajstić information content (AvgIpc) is 3.08. The second-order valence-corrected chi connectivity index (χ2v) is 7.30. The zero-order chi connectivity index (χ0) is 16.6. The van der Waals surface area contributed by atoms with Gasteiger partial charge in [-0.15, -0.1) is 0 Å². The number of carbonyl (C=O) groups is 2. The minimum Gasteiger partial charge on any atom is -0.486 e. The predicted octanol–water partition coefficient (Wildman–Crippen LogP) is 3.14. The number of urea groups is 1. The van der Waals surface area contributed by atoms with E-state index in [1.807, 2.05) is 29.2 Å². The molecule has 5 heteroatoms. The highest BCUT2D eigenvalue weighted by atomic mass is 16.5. The highest BCUT2D eigenvalue weighted by Crippen LogP contribution is 2.39. The summed E-state index contributed by atoms with van der Waals surface area (Å²) < 4.78 is 6.21. The van der Waals surface area contributed by atoms with E-state index in [2.05, 4.69) is 5.32 Å². The van der Waals surface area contributed by atoms with Gasteiger partial charge in [0, 0.05) is 32.0 Å². The lowest BCUT2D eigenvalue weighted by Gasteiger charge is -2.44. The van der Waals surface area contributed by atoms with E-state index >= 15 is 0 Å². The number of rotatable bonds is 1. The van der Waals surface area contributed by atoms with Crippen molar-refractivity contribution in [2.75, 3.05) is 13.1 Å². The summed E-state index contributed by atoms with van der Waals surface area (Å²) in [5.74, 6) is 0.846. The number of piperidine rings is 1. The molecule has 1 N–H and O–H groups in total. The van der Waals surface area contributed by atoms with Crippen molar-refractivity contribution in [3.05, 3.63) is 29.8 Å². The van der Waals surface area contributed by atoms with E-state index in [4.69, 9.17) is 4.74 Å². The zero-order valence-electron chi connectivity index (χ0n) is 13.9. The molecule has 2 amide bonds. The number of fused-ring (bicyclic) bond motifs is 1. The van der Waals surface area contributed by atoms with Crippen LogP contribution in [-0.2, 0) is 0 Å². The SMILES string of the molecule is O=C1CC2(CCN(C(=O)NC3CCCC3)CC2)Oc2ccccc21. The molecule has 0 aromatic heterocycles. The van der Waals surface area contributed by atoms with Crippen LogP contribution in [0.2, 0.25) is 0 Å². The Morgan fingerprint density at radius 1 is 1.17 bits per heavy atom. The lowest BCUT2D eigenvalue weighted by molar-refractivity contribution is -0.000846. The van der Waals surface area contributed by atoms with Crippen LogP contribution in [0, 0.1) is 0 Å². The summed E-state index contributed by atoms with van der Waals surface area (Å²) in [6, 6.07) is 7.85. The number of para-hydroxylation sites is 1. The van der Waals surface area contributed by atoms with Crippen LogP contribution in [0.4, 0.5) is 4.79 Å². The van der Waals surface area contributed by atoms with Gasteiger partial charge in [0.2, 0.25) is 0 Å². The summed E-state index contributed by atoms with van der Waals surface area (Å²) >= 11 is 0. The van der Waals surface area contributed by atoms with E-state index in [0.29, 0.717) is 49.7 Å². The number of nitrogens with one attached hydrogen (secondary N) is 1. The van der Waals surface area contributed by atoms with Crippen molar-refractivity contribution in [3.8, 4) is 5.75 Å². The number of ether oxygens (including phenoxy) is 1. The standard InChI is InChI=1S/C19H24N2O3/c22-16-13-19(24-17-8-4-3-7-15(16)17)9-11-21(12-10-19)18(23)20-14-5-1-2-6-14/h3-4,7-8,14H,1-2,5-6,9-13H2,(H,20,23). The molecular formula is C19H24N2O3. The Hall–Kier alpha value is -2.04. The Kier molecular flexibility index (Phi) is 3.94. The Morgan fingerprint density at radius 2 is 1.88 bits per heavy atom. The van der Waals surface area contributed by atoms with Crippen LogP contribution in [0.5, 0.6) is 5.75 Å². The zero-order valence-corrected chi connectivity index (χ0v) is 13.9. The number of amides is 2. The van der Waals surface area contributed by atoms with Crippen LogP contribution in [0.15, 0.2) is 24.3 Å². The van der Waals surface area contributed by atoms with Crippen molar-refractivity contribution in [3.63, 3.8) is 0 Å². The van der Waals surface area contributed by atoms with Gasteiger partial charge in [0.15, 0.2) is 5.78 Å². The molecule has 0 radical (unpaired) electrons. The molecule has 2 fully saturated rings. The molecule has 128 valence electrons. The molecule has 1 saturated heterocycles. The van der Waals surface area contributed by atoms with Gasteiger partial charge in [-0.05, 0) is 25.0 Å².